The third-order valence-corrected chi connectivity index (χ3v) is 9.38. The van der Waals surface area contributed by atoms with Gasteiger partial charge in [-0.05, 0) is 58.1 Å². The van der Waals surface area contributed by atoms with E-state index in [1.165, 1.54) is 0 Å². The van der Waals surface area contributed by atoms with Crippen LogP contribution in [0.4, 0.5) is 0 Å². The summed E-state index contributed by atoms with van der Waals surface area (Å²) >= 11 is 0. The Kier molecular flexibility index (Phi) is 7.50. The largest absolute Gasteiger partial charge is 0.456 e. The number of fused-ring (bicyclic) bond motifs is 3. The van der Waals surface area contributed by atoms with Crippen molar-refractivity contribution in [2.75, 3.05) is 0 Å². The zero-order valence-corrected chi connectivity index (χ0v) is 27.5. The molecule has 0 aliphatic heterocycles. The molecular formula is C47H29N3O. The van der Waals surface area contributed by atoms with Crippen LogP contribution in [0.15, 0.2) is 180 Å². The molecule has 0 radical (unpaired) electrons. The van der Waals surface area contributed by atoms with Crippen molar-refractivity contribution in [2.24, 2.45) is 0 Å². The molecular weight excluding hydrogens is 623 g/mol. The number of nitrogens with zero attached hydrogens (tertiary/aromatic N) is 3. The fraction of sp³-hybridized carbons (Fsp3) is 0. The summed E-state index contributed by atoms with van der Waals surface area (Å²) in [5, 5.41) is 11.4. The molecule has 0 aliphatic carbocycles. The van der Waals surface area contributed by atoms with Crippen LogP contribution in [0, 0.1) is 11.3 Å². The molecule has 9 rings (SSSR count). The molecule has 0 N–H and O–H groups in total. The lowest BCUT2D eigenvalue weighted by molar-refractivity contribution is 0.669. The highest BCUT2D eigenvalue weighted by atomic mass is 16.3. The van der Waals surface area contributed by atoms with Crippen molar-refractivity contribution in [1.82, 2.24) is 9.97 Å². The zero-order chi connectivity index (χ0) is 34.1. The van der Waals surface area contributed by atoms with E-state index in [1.807, 2.05) is 84.9 Å². The maximum atomic E-state index is 9.23. The molecule has 0 saturated heterocycles. The van der Waals surface area contributed by atoms with Crippen LogP contribution in [-0.4, -0.2) is 9.97 Å². The van der Waals surface area contributed by atoms with Crippen molar-refractivity contribution in [2.45, 2.75) is 0 Å². The molecule has 4 heteroatoms. The van der Waals surface area contributed by atoms with Gasteiger partial charge in [-0.15, -0.1) is 0 Å². The van der Waals surface area contributed by atoms with Crippen molar-refractivity contribution < 1.29 is 4.42 Å². The van der Waals surface area contributed by atoms with Crippen molar-refractivity contribution in [3.8, 4) is 73.4 Å². The lowest BCUT2D eigenvalue weighted by Crippen LogP contribution is -1.96. The van der Waals surface area contributed by atoms with Gasteiger partial charge in [0.25, 0.3) is 0 Å². The van der Waals surface area contributed by atoms with Gasteiger partial charge in [0.15, 0.2) is 5.82 Å². The Balaban J connectivity index is 1.17. The molecule has 0 bridgehead atoms. The second-order valence-electron chi connectivity index (χ2n) is 12.5. The first-order chi connectivity index (χ1) is 25.2. The van der Waals surface area contributed by atoms with Crippen LogP contribution >= 0.6 is 0 Å². The number of para-hydroxylation sites is 1. The lowest BCUT2D eigenvalue weighted by atomic mass is 9.89. The number of hydrogen-bond acceptors (Lipinski definition) is 4. The summed E-state index contributed by atoms with van der Waals surface area (Å²) in [6.45, 7) is 0. The average Bonchev–Trinajstić information content (AvgIpc) is 3.60. The van der Waals surface area contributed by atoms with Crippen LogP contribution < -0.4 is 0 Å². The van der Waals surface area contributed by atoms with Gasteiger partial charge in [-0.25, -0.2) is 9.97 Å². The van der Waals surface area contributed by atoms with Crippen LogP contribution in [0.1, 0.15) is 5.56 Å². The Morgan fingerprint density at radius 1 is 0.431 bits per heavy atom. The summed E-state index contributed by atoms with van der Waals surface area (Å²) in [5.41, 5.74) is 13.7. The Hall–Kier alpha value is -7.09. The van der Waals surface area contributed by atoms with E-state index in [1.54, 1.807) is 0 Å². The third-order valence-electron chi connectivity index (χ3n) is 9.38. The Bertz CT molecular complexity index is 2650. The molecule has 2 heterocycles. The molecule has 4 nitrogen and oxygen atoms in total. The van der Waals surface area contributed by atoms with Gasteiger partial charge in [0.1, 0.15) is 11.2 Å². The van der Waals surface area contributed by atoms with Gasteiger partial charge in [-0.1, -0.05) is 146 Å². The van der Waals surface area contributed by atoms with Crippen molar-refractivity contribution in [3.05, 3.63) is 181 Å². The van der Waals surface area contributed by atoms with Gasteiger partial charge in [0.2, 0.25) is 0 Å². The predicted molar refractivity (Wildman–Crippen MR) is 207 cm³/mol. The van der Waals surface area contributed by atoms with Gasteiger partial charge >= 0.3 is 0 Å². The van der Waals surface area contributed by atoms with Crippen molar-refractivity contribution >= 4 is 21.9 Å². The highest BCUT2D eigenvalue weighted by molar-refractivity contribution is 6.16. The van der Waals surface area contributed by atoms with E-state index in [2.05, 4.69) is 97.1 Å². The summed E-state index contributed by atoms with van der Waals surface area (Å²) in [5.74, 6) is 0.692. The smallest absolute Gasteiger partial charge is 0.160 e. The normalized spacial score (nSPS) is 11.1. The quantitative estimate of drug-likeness (QED) is 0.179. The second-order valence-corrected chi connectivity index (χ2v) is 12.5. The number of furan rings is 1. The van der Waals surface area contributed by atoms with Crippen LogP contribution in [0.3, 0.4) is 0 Å². The molecule has 0 aliphatic rings. The summed E-state index contributed by atoms with van der Waals surface area (Å²) in [7, 11) is 0. The lowest BCUT2D eigenvalue weighted by Gasteiger charge is -2.14. The molecule has 238 valence electrons. The van der Waals surface area contributed by atoms with Gasteiger partial charge in [-0.3, -0.25) is 0 Å². The van der Waals surface area contributed by atoms with Crippen LogP contribution in [0.5, 0.6) is 0 Å². The maximum Gasteiger partial charge on any atom is 0.160 e. The molecule has 51 heavy (non-hydrogen) atoms. The van der Waals surface area contributed by atoms with Crippen LogP contribution in [-0.2, 0) is 0 Å². The van der Waals surface area contributed by atoms with E-state index in [9.17, 15) is 5.26 Å². The number of hydrogen-bond donors (Lipinski definition) is 0. The highest BCUT2D eigenvalue weighted by Crippen LogP contribution is 2.43. The maximum absolute atomic E-state index is 9.23. The van der Waals surface area contributed by atoms with E-state index in [4.69, 9.17) is 14.4 Å². The Morgan fingerprint density at radius 3 is 1.63 bits per heavy atom. The fourth-order valence-electron chi connectivity index (χ4n) is 6.81. The molecule has 0 amide bonds. The molecule has 7 aromatic carbocycles. The summed E-state index contributed by atoms with van der Waals surface area (Å²) < 4.78 is 6.36. The minimum absolute atomic E-state index is 0.652. The van der Waals surface area contributed by atoms with E-state index < -0.39 is 0 Å². The number of aromatic nitrogens is 2. The number of benzene rings is 7. The highest BCUT2D eigenvalue weighted by Gasteiger charge is 2.18. The molecule has 9 aromatic rings. The van der Waals surface area contributed by atoms with E-state index >= 15 is 0 Å². The van der Waals surface area contributed by atoms with E-state index in [0.717, 1.165) is 83.4 Å². The molecule has 0 unspecified atom stereocenters. The number of nitriles is 1. The monoisotopic (exact) mass is 651 g/mol. The fourth-order valence-corrected chi connectivity index (χ4v) is 6.81. The minimum atomic E-state index is 0.652. The number of rotatable bonds is 6. The Labute approximate surface area is 295 Å². The van der Waals surface area contributed by atoms with Gasteiger partial charge in [0.05, 0.1) is 23.0 Å². The SMILES string of the molecule is N#Cc1ccc(-c2ccc(-c3ccc4oc5ccccc5c4c3-c3ccc(-c4cc(-c5ccccc5)nc(-c5ccccc5)n4)cc3)cc2)cc1. The van der Waals surface area contributed by atoms with Gasteiger partial charge in [0, 0.05) is 33.0 Å². The second kappa shape index (κ2) is 12.7. The topological polar surface area (TPSA) is 62.7 Å². The predicted octanol–water partition coefficient (Wildman–Crippen LogP) is 12.2. The van der Waals surface area contributed by atoms with Crippen LogP contribution in [0.25, 0.3) is 89.2 Å². The molecule has 0 saturated carbocycles. The van der Waals surface area contributed by atoms with E-state index in [-0.39, 0.29) is 0 Å². The first-order valence-corrected chi connectivity index (χ1v) is 16.9. The van der Waals surface area contributed by atoms with Gasteiger partial charge < -0.3 is 4.42 Å². The zero-order valence-electron chi connectivity index (χ0n) is 27.5. The average molecular weight is 652 g/mol. The van der Waals surface area contributed by atoms with Gasteiger partial charge in [-0.2, -0.15) is 5.26 Å². The van der Waals surface area contributed by atoms with Crippen LogP contribution in [0.2, 0.25) is 0 Å². The third kappa shape index (κ3) is 5.63. The summed E-state index contributed by atoms with van der Waals surface area (Å²) in [4.78, 5) is 10.0. The Morgan fingerprint density at radius 2 is 0.961 bits per heavy atom. The van der Waals surface area contributed by atoms with Crippen molar-refractivity contribution in [3.63, 3.8) is 0 Å². The molecule has 0 fully saturated rings. The molecule has 0 atom stereocenters. The standard InChI is InChI=1S/C47H29N3O/c48-30-31-15-17-32(18-16-31)33-19-21-34(22-20-33)39-27-28-44-46(40-13-7-8-14-43(40)51-44)45(39)37-25-23-36(24-26-37)42-29-41(35-9-3-1-4-10-35)49-47(50-42)38-11-5-2-6-12-38/h1-29H. The summed E-state index contributed by atoms with van der Waals surface area (Å²) in [6.07, 6.45) is 0. The first kappa shape index (κ1) is 30.0. The molecule has 0 spiro atoms. The summed E-state index contributed by atoms with van der Waals surface area (Å²) in [6, 6.07) is 62.1. The van der Waals surface area contributed by atoms with E-state index in [0.29, 0.717) is 11.4 Å². The van der Waals surface area contributed by atoms with Crippen molar-refractivity contribution in [1.29, 1.82) is 5.26 Å². The first-order valence-electron chi connectivity index (χ1n) is 16.9. The minimum Gasteiger partial charge on any atom is -0.456 e. The molecule has 2 aromatic heterocycles.